The topological polar surface area (TPSA) is 3.24 Å². The highest BCUT2D eigenvalue weighted by molar-refractivity contribution is 5.39. The summed E-state index contributed by atoms with van der Waals surface area (Å²) in [4.78, 5) is 2.36. The molecule has 1 heterocycles. The zero-order valence-corrected chi connectivity index (χ0v) is 8.43. The molecule has 1 fully saturated rings. The van der Waals surface area contributed by atoms with Crippen LogP contribution in [-0.2, 0) is 0 Å². The molecule has 1 aliphatic carbocycles. The van der Waals surface area contributed by atoms with E-state index in [2.05, 4.69) is 24.1 Å². The van der Waals surface area contributed by atoms with E-state index in [1.54, 1.807) is 11.1 Å². The number of hydrogen-bond acceptors (Lipinski definition) is 1. The van der Waals surface area contributed by atoms with Gasteiger partial charge in [0.1, 0.15) is 0 Å². The van der Waals surface area contributed by atoms with Crippen LogP contribution in [-0.4, -0.2) is 25.0 Å². The standard InChI is InChI=1S/C9H13N.C2H6/c1-10-6-8-4-2-3-5-9(8)7-10;1-2/h4-5H,2-3,6-7H2,1H3;1-2H3. The first kappa shape index (κ1) is 9.53. The molecule has 0 unspecified atom stereocenters. The van der Waals surface area contributed by atoms with Crippen molar-refractivity contribution in [1.29, 1.82) is 0 Å². The summed E-state index contributed by atoms with van der Waals surface area (Å²) in [5.74, 6) is 0. The van der Waals surface area contributed by atoms with Gasteiger partial charge in [0, 0.05) is 13.1 Å². The maximum Gasteiger partial charge on any atom is 0.0234 e. The van der Waals surface area contributed by atoms with Crippen LogP contribution in [0.5, 0.6) is 0 Å². The van der Waals surface area contributed by atoms with Crippen LogP contribution >= 0.6 is 0 Å². The van der Waals surface area contributed by atoms with E-state index < -0.39 is 0 Å². The molecule has 0 saturated carbocycles. The molecule has 0 atom stereocenters. The lowest BCUT2D eigenvalue weighted by molar-refractivity contribution is 0.437. The molecule has 1 heteroatoms. The zero-order chi connectivity index (χ0) is 8.97. The zero-order valence-electron chi connectivity index (χ0n) is 8.43. The highest BCUT2D eigenvalue weighted by Gasteiger charge is 2.18. The quantitative estimate of drug-likeness (QED) is 0.533. The smallest absolute Gasteiger partial charge is 0.0234 e. The Bertz CT molecular complexity index is 179. The summed E-state index contributed by atoms with van der Waals surface area (Å²) < 4.78 is 0. The molecule has 0 aromatic carbocycles. The van der Waals surface area contributed by atoms with Gasteiger partial charge in [-0.1, -0.05) is 26.0 Å². The van der Waals surface area contributed by atoms with E-state index >= 15 is 0 Å². The Morgan fingerprint density at radius 2 is 1.42 bits per heavy atom. The van der Waals surface area contributed by atoms with Crippen LogP contribution in [0.1, 0.15) is 26.7 Å². The SMILES string of the molecule is CC.CN1CC2=CCCC=C2C1. The molecular weight excluding hydrogens is 146 g/mol. The van der Waals surface area contributed by atoms with Gasteiger partial charge in [-0.25, -0.2) is 0 Å². The Kier molecular flexibility index (Phi) is 3.54. The van der Waals surface area contributed by atoms with Crippen LogP contribution in [0.15, 0.2) is 23.3 Å². The molecule has 1 nitrogen and oxygen atoms in total. The average molecular weight is 165 g/mol. The number of rotatable bonds is 0. The van der Waals surface area contributed by atoms with E-state index in [1.807, 2.05) is 13.8 Å². The summed E-state index contributed by atoms with van der Waals surface area (Å²) in [7, 11) is 2.18. The number of nitrogens with zero attached hydrogens (tertiary/aromatic N) is 1. The van der Waals surface area contributed by atoms with Gasteiger partial charge in [0.2, 0.25) is 0 Å². The van der Waals surface area contributed by atoms with Gasteiger partial charge >= 0.3 is 0 Å². The number of hydrogen-bond donors (Lipinski definition) is 0. The van der Waals surface area contributed by atoms with E-state index in [0.717, 1.165) is 0 Å². The maximum absolute atomic E-state index is 2.39. The summed E-state index contributed by atoms with van der Waals surface area (Å²) in [5, 5.41) is 0. The van der Waals surface area contributed by atoms with Gasteiger partial charge in [-0.05, 0) is 31.0 Å². The van der Waals surface area contributed by atoms with Crippen molar-refractivity contribution in [2.75, 3.05) is 20.1 Å². The molecule has 0 aromatic heterocycles. The van der Waals surface area contributed by atoms with Gasteiger partial charge in [-0.2, -0.15) is 0 Å². The predicted molar refractivity (Wildman–Crippen MR) is 54.2 cm³/mol. The minimum Gasteiger partial charge on any atom is -0.298 e. The molecule has 0 N–H and O–H groups in total. The van der Waals surface area contributed by atoms with Gasteiger partial charge in [-0.3, -0.25) is 4.90 Å². The number of likely N-dealkylation sites (N-methyl/N-ethyl adjacent to an activating group) is 1. The summed E-state index contributed by atoms with van der Waals surface area (Å²) in [6.45, 7) is 6.34. The van der Waals surface area contributed by atoms with Crippen molar-refractivity contribution in [2.24, 2.45) is 0 Å². The van der Waals surface area contributed by atoms with Gasteiger partial charge in [0.25, 0.3) is 0 Å². The monoisotopic (exact) mass is 165 g/mol. The first-order valence-electron chi connectivity index (χ1n) is 4.93. The van der Waals surface area contributed by atoms with Crippen molar-refractivity contribution in [2.45, 2.75) is 26.7 Å². The molecule has 1 aliphatic heterocycles. The molecule has 2 rings (SSSR count). The number of fused-ring (bicyclic) bond motifs is 1. The highest BCUT2D eigenvalue weighted by Crippen LogP contribution is 2.25. The van der Waals surface area contributed by atoms with Crippen molar-refractivity contribution in [1.82, 2.24) is 4.90 Å². The van der Waals surface area contributed by atoms with Crippen molar-refractivity contribution >= 4 is 0 Å². The van der Waals surface area contributed by atoms with Crippen molar-refractivity contribution < 1.29 is 0 Å². The van der Waals surface area contributed by atoms with Gasteiger partial charge in [0.15, 0.2) is 0 Å². The fraction of sp³-hybridized carbons (Fsp3) is 0.636. The summed E-state index contributed by atoms with van der Waals surface area (Å²) in [6, 6.07) is 0. The first-order valence-corrected chi connectivity index (χ1v) is 4.93. The van der Waals surface area contributed by atoms with Crippen molar-refractivity contribution in [3.05, 3.63) is 23.3 Å². The van der Waals surface area contributed by atoms with Crippen LogP contribution in [0.25, 0.3) is 0 Å². The molecular formula is C11H19N. The summed E-state index contributed by atoms with van der Waals surface area (Å²) in [6.07, 6.45) is 7.29. The van der Waals surface area contributed by atoms with Crippen LogP contribution in [0.2, 0.25) is 0 Å². The van der Waals surface area contributed by atoms with Crippen molar-refractivity contribution in [3.63, 3.8) is 0 Å². The second kappa shape index (κ2) is 4.46. The second-order valence-electron chi connectivity index (χ2n) is 3.21. The van der Waals surface area contributed by atoms with E-state index in [0.29, 0.717) is 0 Å². The van der Waals surface area contributed by atoms with E-state index in [4.69, 9.17) is 0 Å². The Hall–Kier alpha value is -0.560. The first-order chi connectivity index (χ1) is 5.86. The average Bonchev–Trinajstić information content (AvgIpc) is 2.48. The minimum absolute atomic E-state index is 1.17. The van der Waals surface area contributed by atoms with Crippen LogP contribution in [0.4, 0.5) is 0 Å². The Labute approximate surface area is 75.8 Å². The molecule has 0 bridgehead atoms. The van der Waals surface area contributed by atoms with Crippen molar-refractivity contribution in [3.8, 4) is 0 Å². The van der Waals surface area contributed by atoms with E-state index in [-0.39, 0.29) is 0 Å². The molecule has 2 aliphatic rings. The number of likely N-dealkylation sites (tertiary alicyclic amines) is 1. The largest absolute Gasteiger partial charge is 0.298 e. The van der Waals surface area contributed by atoms with E-state index in [1.165, 1.54) is 25.9 Å². The van der Waals surface area contributed by atoms with Crippen LogP contribution in [0, 0.1) is 0 Å². The lowest BCUT2D eigenvalue weighted by atomic mass is 10.0. The predicted octanol–water partition coefficient (Wildman–Crippen LogP) is 2.60. The summed E-state index contributed by atoms with van der Waals surface area (Å²) >= 11 is 0. The third-order valence-electron chi connectivity index (χ3n) is 2.24. The van der Waals surface area contributed by atoms with Crippen LogP contribution < -0.4 is 0 Å². The van der Waals surface area contributed by atoms with Gasteiger partial charge in [0.05, 0.1) is 0 Å². The molecule has 68 valence electrons. The van der Waals surface area contributed by atoms with Gasteiger partial charge in [-0.15, -0.1) is 0 Å². The molecule has 12 heavy (non-hydrogen) atoms. The maximum atomic E-state index is 2.39. The Morgan fingerprint density at radius 3 is 1.83 bits per heavy atom. The van der Waals surface area contributed by atoms with Gasteiger partial charge < -0.3 is 0 Å². The minimum atomic E-state index is 1.17. The third-order valence-corrected chi connectivity index (χ3v) is 2.24. The molecule has 0 amide bonds. The third kappa shape index (κ3) is 1.98. The molecule has 0 radical (unpaired) electrons. The molecule has 0 aromatic rings. The Balaban J connectivity index is 0.000000336. The molecule has 1 saturated heterocycles. The Morgan fingerprint density at radius 1 is 1.00 bits per heavy atom. The normalized spacial score (nSPS) is 21.9. The molecule has 0 spiro atoms. The lowest BCUT2D eigenvalue weighted by Gasteiger charge is -2.04. The van der Waals surface area contributed by atoms with E-state index in [9.17, 15) is 0 Å². The second-order valence-corrected chi connectivity index (χ2v) is 3.21. The lowest BCUT2D eigenvalue weighted by Crippen LogP contribution is -2.11. The fourth-order valence-corrected chi connectivity index (χ4v) is 1.75. The summed E-state index contributed by atoms with van der Waals surface area (Å²) in [5.41, 5.74) is 3.16. The number of allylic oxidation sites excluding steroid dienone is 2. The fourth-order valence-electron chi connectivity index (χ4n) is 1.75. The highest BCUT2D eigenvalue weighted by atomic mass is 15.1. The van der Waals surface area contributed by atoms with Crippen LogP contribution in [0.3, 0.4) is 0 Å².